The Balaban J connectivity index is 1.07. The Kier molecular flexibility index (Phi) is 6.49. The van der Waals surface area contributed by atoms with Crippen molar-refractivity contribution in [3.05, 3.63) is 47.5 Å². The molecule has 0 aromatic carbocycles. The van der Waals surface area contributed by atoms with Crippen LogP contribution < -0.4 is 15.4 Å². The van der Waals surface area contributed by atoms with Crippen LogP contribution in [0, 0.1) is 17.7 Å². The van der Waals surface area contributed by atoms with Crippen molar-refractivity contribution in [3.63, 3.8) is 0 Å². The maximum atomic E-state index is 14.7. The van der Waals surface area contributed by atoms with Gasteiger partial charge in [-0.05, 0) is 49.3 Å². The van der Waals surface area contributed by atoms with Crippen LogP contribution in [-0.4, -0.2) is 64.3 Å². The summed E-state index contributed by atoms with van der Waals surface area (Å²) in [6.45, 7) is 3.53. The number of carbonyl (C=O) groups is 1. The number of aromatic nitrogens is 3. The second-order valence-electron chi connectivity index (χ2n) is 9.79. The molecular weight excluding hydrogens is 479 g/mol. The number of hydrogen-bond acceptors (Lipinski definition) is 8. The predicted molar refractivity (Wildman–Crippen MR) is 137 cm³/mol. The first-order chi connectivity index (χ1) is 17.6. The zero-order valence-corrected chi connectivity index (χ0v) is 21.0. The lowest BCUT2D eigenvalue weighted by molar-refractivity contribution is -0.113. The Morgan fingerprint density at radius 3 is 3.03 bits per heavy atom. The van der Waals surface area contributed by atoms with Gasteiger partial charge in [0.05, 0.1) is 40.7 Å². The number of hydrogen-bond donors (Lipinski definition) is 2. The lowest BCUT2D eigenvalue weighted by Gasteiger charge is -2.22. The summed E-state index contributed by atoms with van der Waals surface area (Å²) < 4.78 is 19.9. The summed E-state index contributed by atoms with van der Waals surface area (Å²) in [4.78, 5) is 28.5. The lowest BCUT2D eigenvalue weighted by Crippen LogP contribution is -2.36. The number of likely N-dealkylation sites (tertiary alicyclic amines) is 1. The number of anilines is 1. The van der Waals surface area contributed by atoms with Crippen molar-refractivity contribution in [1.82, 2.24) is 25.2 Å². The van der Waals surface area contributed by atoms with Gasteiger partial charge in [0.2, 0.25) is 11.8 Å². The van der Waals surface area contributed by atoms with E-state index in [1.165, 1.54) is 24.4 Å². The van der Waals surface area contributed by atoms with Crippen molar-refractivity contribution in [3.8, 4) is 5.88 Å². The van der Waals surface area contributed by atoms with Crippen molar-refractivity contribution < 1.29 is 13.9 Å². The van der Waals surface area contributed by atoms with Crippen LogP contribution in [0.1, 0.15) is 24.1 Å². The van der Waals surface area contributed by atoms with Crippen LogP contribution in [0.3, 0.4) is 0 Å². The van der Waals surface area contributed by atoms with E-state index in [9.17, 15) is 9.18 Å². The van der Waals surface area contributed by atoms with Gasteiger partial charge in [-0.25, -0.2) is 14.4 Å². The van der Waals surface area contributed by atoms with Crippen LogP contribution in [0.2, 0.25) is 0 Å². The number of fused-ring (bicyclic) bond motifs is 3. The molecule has 10 heteroatoms. The van der Waals surface area contributed by atoms with Crippen molar-refractivity contribution in [2.24, 2.45) is 11.8 Å². The van der Waals surface area contributed by atoms with E-state index < -0.39 is 0 Å². The Labute approximate surface area is 213 Å². The molecule has 1 aliphatic carbocycles. The molecule has 3 aliphatic rings. The third-order valence-electron chi connectivity index (χ3n) is 7.64. The average molecular weight is 509 g/mol. The normalized spacial score (nSPS) is 23.5. The van der Waals surface area contributed by atoms with Crippen molar-refractivity contribution in [2.45, 2.75) is 36.7 Å². The molecule has 0 spiro atoms. The SMILES string of the molecule is COc1ccc2ncc(F)c(CCN3CC4CCC(NCc5ccc6c(n5)NC(=O)CS6)C4C3)c2n1. The van der Waals surface area contributed by atoms with E-state index in [-0.39, 0.29) is 11.7 Å². The fourth-order valence-corrected chi connectivity index (χ4v) is 6.59. The zero-order valence-electron chi connectivity index (χ0n) is 20.2. The number of pyridine rings is 3. The van der Waals surface area contributed by atoms with E-state index in [1.807, 2.05) is 18.2 Å². The van der Waals surface area contributed by atoms with Crippen molar-refractivity contribution in [2.75, 3.05) is 37.8 Å². The minimum absolute atomic E-state index is 0.00403. The van der Waals surface area contributed by atoms with Gasteiger partial charge in [0.15, 0.2) is 0 Å². The number of rotatable bonds is 7. The molecule has 1 saturated heterocycles. The van der Waals surface area contributed by atoms with E-state index in [0.717, 1.165) is 36.6 Å². The smallest absolute Gasteiger partial charge is 0.235 e. The van der Waals surface area contributed by atoms with E-state index in [1.54, 1.807) is 13.2 Å². The Bertz CT molecular complexity index is 1310. The maximum Gasteiger partial charge on any atom is 0.235 e. The first kappa shape index (κ1) is 23.6. The average Bonchev–Trinajstić information content (AvgIpc) is 3.47. The highest BCUT2D eigenvalue weighted by Gasteiger charge is 2.42. The summed E-state index contributed by atoms with van der Waals surface area (Å²) in [5, 5.41) is 6.60. The van der Waals surface area contributed by atoms with E-state index >= 15 is 0 Å². The third kappa shape index (κ3) is 4.65. The quantitative estimate of drug-likeness (QED) is 0.503. The van der Waals surface area contributed by atoms with E-state index in [4.69, 9.17) is 4.74 Å². The van der Waals surface area contributed by atoms with Gasteiger partial charge in [-0.15, -0.1) is 11.8 Å². The highest BCUT2D eigenvalue weighted by molar-refractivity contribution is 8.00. The Hall–Kier alpha value is -2.82. The van der Waals surface area contributed by atoms with Gasteiger partial charge in [0, 0.05) is 43.9 Å². The molecule has 6 rings (SSSR count). The molecule has 5 heterocycles. The highest BCUT2D eigenvalue weighted by Crippen LogP contribution is 2.38. The molecule has 3 atom stereocenters. The van der Waals surface area contributed by atoms with Gasteiger partial charge in [0.1, 0.15) is 11.6 Å². The monoisotopic (exact) mass is 508 g/mol. The summed E-state index contributed by atoms with van der Waals surface area (Å²) in [6, 6.07) is 8.10. The molecule has 8 nitrogen and oxygen atoms in total. The molecule has 3 unspecified atom stereocenters. The maximum absolute atomic E-state index is 14.7. The highest BCUT2D eigenvalue weighted by atomic mass is 32.2. The number of ether oxygens (including phenoxy) is 1. The molecule has 188 valence electrons. The van der Waals surface area contributed by atoms with Crippen LogP contribution in [0.25, 0.3) is 11.0 Å². The van der Waals surface area contributed by atoms with Crippen LogP contribution in [0.15, 0.2) is 35.4 Å². The molecule has 2 aliphatic heterocycles. The molecule has 0 radical (unpaired) electrons. The summed E-state index contributed by atoms with van der Waals surface area (Å²) >= 11 is 1.53. The molecule has 3 aromatic rings. The second kappa shape index (κ2) is 9.91. The molecule has 0 bridgehead atoms. The molecular formula is C26H29FN6O2S. The van der Waals surface area contributed by atoms with Crippen molar-refractivity contribution >= 4 is 34.5 Å². The zero-order chi connectivity index (χ0) is 24.6. The molecule has 36 heavy (non-hydrogen) atoms. The molecule has 1 saturated carbocycles. The molecule has 2 fully saturated rings. The van der Waals surface area contributed by atoms with Crippen LogP contribution >= 0.6 is 11.8 Å². The van der Waals surface area contributed by atoms with Gasteiger partial charge < -0.3 is 20.3 Å². The summed E-state index contributed by atoms with van der Waals surface area (Å²) in [6.07, 6.45) is 4.25. The lowest BCUT2D eigenvalue weighted by atomic mass is 9.98. The predicted octanol–water partition coefficient (Wildman–Crippen LogP) is 3.26. The van der Waals surface area contributed by atoms with Crippen molar-refractivity contribution in [1.29, 1.82) is 0 Å². The number of thioether (sulfide) groups is 1. The fourth-order valence-electron chi connectivity index (χ4n) is 5.83. The van der Waals surface area contributed by atoms with E-state index in [0.29, 0.717) is 64.9 Å². The number of amides is 1. The molecule has 2 N–H and O–H groups in total. The first-order valence-electron chi connectivity index (χ1n) is 12.4. The van der Waals surface area contributed by atoms with Crippen LogP contribution in [0.5, 0.6) is 5.88 Å². The van der Waals surface area contributed by atoms with Crippen LogP contribution in [-0.2, 0) is 17.8 Å². The van der Waals surface area contributed by atoms with E-state index in [2.05, 4.69) is 30.5 Å². The fraction of sp³-hybridized carbons (Fsp3) is 0.462. The van der Waals surface area contributed by atoms with Gasteiger partial charge >= 0.3 is 0 Å². The van der Waals surface area contributed by atoms with Gasteiger partial charge in [-0.2, -0.15) is 0 Å². The van der Waals surface area contributed by atoms with Gasteiger partial charge in [0.25, 0.3) is 0 Å². The second-order valence-corrected chi connectivity index (χ2v) is 10.8. The van der Waals surface area contributed by atoms with Gasteiger partial charge in [-0.1, -0.05) is 0 Å². The van der Waals surface area contributed by atoms with Crippen LogP contribution in [0.4, 0.5) is 10.2 Å². The minimum Gasteiger partial charge on any atom is -0.481 e. The minimum atomic E-state index is -0.311. The largest absolute Gasteiger partial charge is 0.481 e. The topological polar surface area (TPSA) is 92.3 Å². The number of nitrogens with one attached hydrogen (secondary N) is 2. The third-order valence-corrected chi connectivity index (χ3v) is 8.68. The number of halogens is 1. The summed E-state index contributed by atoms with van der Waals surface area (Å²) in [5.74, 6) is 2.52. The summed E-state index contributed by atoms with van der Waals surface area (Å²) in [5.41, 5.74) is 2.82. The number of carbonyl (C=O) groups excluding carboxylic acids is 1. The first-order valence-corrected chi connectivity index (χ1v) is 13.4. The molecule has 1 amide bonds. The molecule has 3 aromatic heterocycles. The van der Waals surface area contributed by atoms with Gasteiger partial charge in [-0.3, -0.25) is 9.78 Å². The number of methoxy groups -OCH3 is 1. The Morgan fingerprint density at radius 2 is 2.14 bits per heavy atom. The Morgan fingerprint density at radius 1 is 1.22 bits per heavy atom. The number of nitrogens with zero attached hydrogens (tertiary/aromatic N) is 4. The standard InChI is InChI=1S/C26H29FN6O2S/c1-35-24-7-5-21-25(32-24)17(19(27)11-29-21)8-9-33-12-15-2-4-20(18(15)13-33)28-10-16-3-6-22-26(30-16)31-23(34)14-36-22/h3,5-7,11,15,18,20,28H,2,4,8-10,12-14H2,1H3,(H,30,31,34). The summed E-state index contributed by atoms with van der Waals surface area (Å²) in [7, 11) is 1.56.